The van der Waals surface area contributed by atoms with Gasteiger partial charge in [0, 0.05) is 12.2 Å². The molecular weight excluding hydrogens is 232 g/mol. The van der Waals surface area contributed by atoms with Crippen molar-refractivity contribution in [3.63, 3.8) is 0 Å². The topological polar surface area (TPSA) is 68.4 Å². The zero-order valence-electron chi connectivity index (χ0n) is 10.1. The third-order valence-electron chi connectivity index (χ3n) is 3.23. The Bertz CT molecular complexity index is 542. The number of aromatic nitrogens is 2. The van der Waals surface area contributed by atoms with Gasteiger partial charge in [0.2, 0.25) is 5.82 Å². The number of rotatable bonds is 2. The molecule has 0 aliphatic carbocycles. The largest absolute Gasteiger partial charge is 0.508 e. The molecule has 0 amide bonds. The molecule has 18 heavy (non-hydrogen) atoms. The molecule has 3 rings (SSSR count). The summed E-state index contributed by atoms with van der Waals surface area (Å²) >= 11 is 0. The molecule has 1 unspecified atom stereocenters. The van der Waals surface area contributed by atoms with Gasteiger partial charge in [0.25, 0.3) is 5.89 Å². The van der Waals surface area contributed by atoms with Crippen LogP contribution in [0, 0.1) is 0 Å². The number of ether oxygens (including phenoxy) is 1. The number of aromatic hydroxyl groups is 1. The Hall–Kier alpha value is -1.88. The number of phenols is 1. The molecule has 0 spiro atoms. The van der Waals surface area contributed by atoms with Crippen LogP contribution in [0.1, 0.15) is 25.6 Å². The summed E-state index contributed by atoms with van der Waals surface area (Å²) in [4.78, 5) is 4.38. The highest BCUT2D eigenvalue weighted by Crippen LogP contribution is 2.34. The van der Waals surface area contributed by atoms with Gasteiger partial charge in [0.05, 0.1) is 0 Å². The fraction of sp³-hybridized carbons (Fsp3) is 0.385. The third-order valence-corrected chi connectivity index (χ3v) is 3.23. The van der Waals surface area contributed by atoms with Crippen LogP contribution in [0.5, 0.6) is 5.75 Å². The van der Waals surface area contributed by atoms with Gasteiger partial charge >= 0.3 is 0 Å². The van der Waals surface area contributed by atoms with Crippen molar-refractivity contribution >= 4 is 0 Å². The van der Waals surface area contributed by atoms with Crippen LogP contribution in [-0.2, 0) is 10.3 Å². The van der Waals surface area contributed by atoms with E-state index < -0.39 is 5.60 Å². The van der Waals surface area contributed by atoms with Gasteiger partial charge in [-0.1, -0.05) is 5.16 Å². The number of nitrogens with zero attached hydrogens (tertiary/aromatic N) is 2. The number of hydrogen-bond donors (Lipinski definition) is 1. The predicted molar refractivity (Wildman–Crippen MR) is 63.9 cm³/mol. The fourth-order valence-electron chi connectivity index (χ4n) is 2.11. The highest BCUT2D eigenvalue weighted by atomic mass is 16.5. The second-order valence-electron chi connectivity index (χ2n) is 4.65. The molecule has 2 heterocycles. The molecule has 1 aromatic heterocycles. The van der Waals surface area contributed by atoms with Crippen molar-refractivity contribution in [2.75, 3.05) is 6.61 Å². The van der Waals surface area contributed by atoms with Crippen molar-refractivity contribution in [3.8, 4) is 17.2 Å². The molecule has 1 aromatic carbocycles. The van der Waals surface area contributed by atoms with Crippen molar-refractivity contribution in [1.29, 1.82) is 0 Å². The summed E-state index contributed by atoms with van der Waals surface area (Å²) in [5, 5.41) is 13.2. The van der Waals surface area contributed by atoms with Gasteiger partial charge in [-0.15, -0.1) is 0 Å². The number of benzene rings is 1. The quantitative estimate of drug-likeness (QED) is 0.881. The van der Waals surface area contributed by atoms with Crippen molar-refractivity contribution < 1.29 is 14.4 Å². The maximum absolute atomic E-state index is 9.24. The van der Waals surface area contributed by atoms with Gasteiger partial charge in [0.1, 0.15) is 11.4 Å². The Labute approximate surface area is 104 Å². The third kappa shape index (κ3) is 1.86. The van der Waals surface area contributed by atoms with Crippen LogP contribution in [0.25, 0.3) is 11.5 Å². The molecule has 1 atom stereocenters. The zero-order chi connectivity index (χ0) is 12.6. The molecule has 2 aromatic rings. The van der Waals surface area contributed by atoms with Crippen LogP contribution < -0.4 is 0 Å². The zero-order valence-corrected chi connectivity index (χ0v) is 10.1. The van der Waals surface area contributed by atoms with Crippen LogP contribution in [-0.4, -0.2) is 21.9 Å². The van der Waals surface area contributed by atoms with E-state index in [0.29, 0.717) is 11.7 Å². The lowest BCUT2D eigenvalue weighted by Gasteiger charge is -2.17. The highest BCUT2D eigenvalue weighted by Gasteiger charge is 2.36. The SMILES string of the molecule is CC1(c2noc(-c3ccc(O)cc3)n2)CCCO1. The van der Waals surface area contributed by atoms with Gasteiger partial charge in [0.15, 0.2) is 0 Å². The number of phenolic OH excluding ortho intramolecular Hbond substituents is 1. The van der Waals surface area contributed by atoms with Crippen molar-refractivity contribution in [2.45, 2.75) is 25.4 Å². The van der Waals surface area contributed by atoms with E-state index in [2.05, 4.69) is 10.1 Å². The molecule has 1 fully saturated rings. The first-order valence-electron chi connectivity index (χ1n) is 5.95. The minimum absolute atomic E-state index is 0.213. The summed E-state index contributed by atoms with van der Waals surface area (Å²) in [5.41, 5.74) is 0.353. The van der Waals surface area contributed by atoms with Crippen LogP contribution in [0.4, 0.5) is 0 Å². The van der Waals surface area contributed by atoms with E-state index in [-0.39, 0.29) is 5.75 Å². The minimum atomic E-state index is -0.432. The summed E-state index contributed by atoms with van der Waals surface area (Å²) in [6.45, 7) is 2.71. The van der Waals surface area contributed by atoms with Gasteiger partial charge in [-0.05, 0) is 44.0 Å². The van der Waals surface area contributed by atoms with Crippen molar-refractivity contribution in [2.24, 2.45) is 0 Å². The molecule has 1 aliphatic heterocycles. The maximum Gasteiger partial charge on any atom is 0.258 e. The van der Waals surface area contributed by atoms with E-state index in [1.165, 1.54) is 0 Å². The van der Waals surface area contributed by atoms with E-state index in [1.54, 1.807) is 24.3 Å². The summed E-state index contributed by atoms with van der Waals surface area (Å²) in [6, 6.07) is 6.66. The Morgan fingerprint density at radius 2 is 2.06 bits per heavy atom. The van der Waals surface area contributed by atoms with Crippen LogP contribution >= 0.6 is 0 Å². The standard InChI is InChI=1S/C13H14N2O3/c1-13(7-2-8-17-13)12-14-11(18-15-12)9-3-5-10(16)6-4-9/h3-6,16H,2,7-8H2,1H3. The Morgan fingerprint density at radius 1 is 1.28 bits per heavy atom. The smallest absolute Gasteiger partial charge is 0.258 e. The molecule has 1 aliphatic rings. The predicted octanol–water partition coefficient (Wildman–Crippen LogP) is 2.47. The molecule has 0 saturated carbocycles. The summed E-state index contributed by atoms with van der Waals surface area (Å²) < 4.78 is 10.9. The van der Waals surface area contributed by atoms with Crippen molar-refractivity contribution in [3.05, 3.63) is 30.1 Å². The molecule has 1 saturated heterocycles. The summed E-state index contributed by atoms with van der Waals surface area (Å²) in [5.74, 6) is 1.24. The van der Waals surface area contributed by atoms with Gasteiger partial charge in [-0.3, -0.25) is 0 Å². The molecule has 0 bridgehead atoms. The lowest BCUT2D eigenvalue weighted by atomic mass is 10.0. The van der Waals surface area contributed by atoms with E-state index in [9.17, 15) is 5.11 Å². The Balaban J connectivity index is 1.91. The molecule has 5 nitrogen and oxygen atoms in total. The first kappa shape index (κ1) is 11.2. The van der Waals surface area contributed by atoms with Crippen LogP contribution in [0.15, 0.2) is 28.8 Å². The first-order valence-corrected chi connectivity index (χ1v) is 5.95. The van der Waals surface area contributed by atoms with Crippen LogP contribution in [0.2, 0.25) is 0 Å². The van der Waals surface area contributed by atoms with Crippen LogP contribution in [0.3, 0.4) is 0 Å². The van der Waals surface area contributed by atoms with Crippen molar-refractivity contribution in [1.82, 2.24) is 10.1 Å². The number of hydrogen-bond acceptors (Lipinski definition) is 5. The van der Waals surface area contributed by atoms with Gasteiger partial charge in [-0.2, -0.15) is 4.98 Å². The first-order chi connectivity index (χ1) is 8.67. The minimum Gasteiger partial charge on any atom is -0.508 e. The molecular formula is C13H14N2O3. The molecule has 0 radical (unpaired) electrons. The average Bonchev–Trinajstić information content (AvgIpc) is 2.99. The second kappa shape index (κ2) is 4.10. The van der Waals surface area contributed by atoms with E-state index in [4.69, 9.17) is 9.26 Å². The molecule has 5 heteroatoms. The fourth-order valence-corrected chi connectivity index (χ4v) is 2.11. The van der Waals surface area contributed by atoms with Gasteiger partial charge in [-0.25, -0.2) is 0 Å². The molecule has 94 valence electrons. The lowest BCUT2D eigenvalue weighted by molar-refractivity contribution is 0.00768. The average molecular weight is 246 g/mol. The Morgan fingerprint density at radius 3 is 2.72 bits per heavy atom. The maximum atomic E-state index is 9.24. The normalized spacial score (nSPS) is 23.4. The van der Waals surface area contributed by atoms with Gasteiger partial charge < -0.3 is 14.4 Å². The van der Waals surface area contributed by atoms with E-state index >= 15 is 0 Å². The summed E-state index contributed by atoms with van der Waals surface area (Å²) in [6.07, 6.45) is 1.92. The lowest BCUT2D eigenvalue weighted by Crippen LogP contribution is -2.21. The van der Waals surface area contributed by atoms with E-state index in [0.717, 1.165) is 25.0 Å². The Kier molecular flexibility index (Phi) is 2.56. The summed E-state index contributed by atoms with van der Waals surface area (Å²) in [7, 11) is 0. The monoisotopic (exact) mass is 246 g/mol. The van der Waals surface area contributed by atoms with E-state index in [1.807, 2.05) is 6.92 Å². The second-order valence-corrected chi connectivity index (χ2v) is 4.65. The highest BCUT2D eigenvalue weighted by molar-refractivity contribution is 5.54. The molecule has 1 N–H and O–H groups in total.